The van der Waals surface area contributed by atoms with Gasteiger partial charge in [0.15, 0.2) is 5.76 Å². The zero-order valence-electron chi connectivity index (χ0n) is 16.5. The summed E-state index contributed by atoms with van der Waals surface area (Å²) in [7, 11) is 0. The lowest BCUT2D eigenvalue weighted by Crippen LogP contribution is -2.26. The van der Waals surface area contributed by atoms with Gasteiger partial charge in [-0.3, -0.25) is 0 Å². The minimum Gasteiger partial charge on any atom is -0.449 e. The van der Waals surface area contributed by atoms with Crippen LogP contribution >= 0.6 is 34.9 Å². The number of halogens is 3. The first-order valence-corrected chi connectivity index (χ1v) is 12.0. The third kappa shape index (κ3) is 6.98. The standard InChI is InChI=1S/C21H20F3NO3S3/c1-14(31-16-6-2-5-15(11-16)21(22,23)24)13-30-19-18(28-20(26)27)8-3-9-25(19)12-17-7-4-10-29-17/h2-8,10-11,14H,9,12-13H2,1H3,(H,26,27). The fourth-order valence-electron chi connectivity index (χ4n) is 2.87. The number of ether oxygens (including phenoxy) is 1. The van der Waals surface area contributed by atoms with Crippen LogP contribution in [0.4, 0.5) is 18.0 Å². The van der Waals surface area contributed by atoms with Crippen LogP contribution in [0.1, 0.15) is 17.4 Å². The molecular weight excluding hydrogens is 467 g/mol. The number of alkyl halides is 3. The van der Waals surface area contributed by atoms with Crippen LogP contribution in [0.15, 0.2) is 69.6 Å². The second-order valence-electron chi connectivity index (χ2n) is 6.66. The summed E-state index contributed by atoms with van der Waals surface area (Å²) >= 11 is 4.40. The van der Waals surface area contributed by atoms with E-state index in [9.17, 15) is 18.0 Å². The van der Waals surface area contributed by atoms with Crippen LogP contribution < -0.4 is 0 Å². The maximum atomic E-state index is 12.9. The molecule has 3 rings (SSSR count). The van der Waals surface area contributed by atoms with Crippen molar-refractivity contribution in [3.05, 3.63) is 75.2 Å². The number of benzene rings is 1. The van der Waals surface area contributed by atoms with E-state index in [-0.39, 0.29) is 11.0 Å². The van der Waals surface area contributed by atoms with Gasteiger partial charge in [-0.25, -0.2) is 4.79 Å². The predicted octanol–water partition coefficient (Wildman–Crippen LogP) is 6.92. The molecular formula is C21H20F3NO3S3. The van der Waals surface area contributed by atoms with Crippen molar-refractivity contribution in [2.45, 2.75) is 29.8 Å². The van der Waals surface area contributed by atoms with Gasteiger partial charge in [-0.05, 0) is 35.7 Å². The molecule has 1 unspecified atom stereocenters. The molecule has 166 valence electrons. The SMILES string of the molecule is CC(CSC1=C(OC(=O)O)C=CCN1Cc1cccs1)Sc1cccc(C(F)(F)F)c1. The zero-order valence-corrected chi connectivity index (χ0v) is 18.9. The minimum absolute atomic E-state index is 0.0124. The smallest absolute Gasteiger partial charge is 0.449 e. The molecule has 1 aromatic heterocycles. The second-order valence-corrected chi connectivity index (χ2v) is 10.2. The van der Waals surface area contributed by atoms with Gasteiger partial charge in [0, 0.05) is 27.3 Å². The third-order valence-electron chi connectivity index (χ3n) is 4.17. The van der Waals surface area contributed by atoms with E-state index in [0.29, 0.717) is 28.8 Å². The number of nitrogens with zero attached hydrogens (tertiary/aromatic N) is 1. The van der Waals surface area contributed by atoms with E-state index in [4.69, 9.17) is 9.84 Å². The summed E-state index contributed by atoms with van der Waals surface area (Å²) in [5.41, 5.74) is -0.670. The van der Waals surface area contributed by atoms with E-state index in [1.54, 1.807) is 23.5 Å². The van der Waals surface area contributed by atoms with Crippen molar-refractivity contribution in [1.82, 2.24) is 4.90 Å². The molecule has 0 fully saturated rings. The van der Waals surface area contributed by atoms with Crippen molar-refractivity contribution in [1.29, 1.82) is 0 Å². The van der Waals surface area contributed by atoms with Gasteiger partial charge in [-0.15, -0.1) is 34.9 Å². The van der Waals surface area contributed by atoms with Gasteiger partial charge < -0.3 is 14.7 Å². The molecule has 0 radical (unpaired) electrons. The Balaban J connectivity index is 1.70. The van der Waals surface area contributed by atoms with Crippen molar-refractivity contribution in [3.63, 3.8) is 0 Å². The molecule has 1 aliphatic rings. The van der Waals surface area contributed by atoms with Crippen molar-refractivity contribution in [3.8, 4) is 0 Å². The lowest BCUT2D eigenvalue weighted by Gasteiger charge is -2.29. The predicted molar refractivity (Wildman–Crippen MR) is 119 cm³/mol. The number of hydrogen-bond acceptors (Lipinski definition) is 6. The van der Waals surface area contributed by atoms with Crippen molar-refractivity contribution < 1.29 is 27.8 Å². The minimum atomic E-state index is -4.38. The fourth-order valence-corrected chi connectivity index (χ4v) is 5.85. The van der Waals surface area contributed by atoms with Crippen molar-refractivity contribution in [2.24, 2.45) is 0 Å². The first-order valence-electron chi connectivity index (χ1n) is 9.28. The van der Waals surface area contributed by atoms with Crippen LogP contribution in [0.5, 0.6) is 0 Å². The Kier molecular flexibility index (Phi) is 8.01. The third-order valence-corrected chi connectivity index (χ3v) is 7.74. The van der Waals surface area contributed by atoms with Crippen LogP contribution in [-0.4, -0.2) is 33.7 Å². The maximum absolute atomic E-state index is 12.9. The summed E-state index contributed by atoms with van der Waals surface area (Å²) in [5, 5.41) is 11.7. The molecule has 10 heteroatoms. The quantitative estimate of drug-likeness (QED) is 0.322. The molecule has 1 aliphatic heterocycles. The molecule has 0 aliphatic carbocycles. The molecule has 2 heterocycles. The number of hydrogen-bond donors (Lipinski definition) is 1. The summed E-state index contributed by atoms with van der Waals surface area (Å²) in [4.78, 5) is 14.8. The lowest BCUT2D eigenvalue weighted by atomic mass is 10.2. The fraction of sp³-hybridized carbons (Fsp3) is 0.286. The molecule has 0 spiro atoms. The normalized spacial score (nSPS) is 15.3. The Labute approximate surface area is 190 Å². The number of thioether (sulfide) groups is 2. The number of carboxylic acid groups (broad SMARTS) is 1. The van der Waals surface area contributed by atoms with Gasteiger partial charge in [0.2, 0.25) is 0 Å². The van der Waals surface area contributed by atoms with Gasteiger partial charge in [-0.2, -0.15) is 13.2 Å². The van der Waals surface area contributed by atoms with Gasteiger partial charge in [-0.1, -0.05) is 25.1 Å². The molecule has 0 saturated carbocycles. The molecule has 4 nitrogen and oxygen atoms in total. The van der Waals surface area contributed by atoms with Gasteiger partial charge in [0.25, 0.3) is 0 Å². The van der Waals surface area contributed by atoms with Crippen LogP contribution in [0, 0.1) is 0 Å². The first-order chi connectivity index (χ1) is 14.7. The van der Waals surface area contributed by atoms with Gasteiger partial charge in [0.1, 0.15) is 5.03 Å². The highest BCUT2D eigenvalue weighted by Crippen LogP contribution is 2.36. The molecule has 0 bridgehead atoms. The van der Waals surface area contributed by atoms with E-state index in [1.165, 1.54) is 29.6 Å². The first kappa shape index (κ1) is 23.6. The average molecular weight is 488 g/mol. The highest BCUT2D eigenvalue weighted by Gasteiger charge is 2.30. The maximum Gasteiger partial charge on any atom is 0.511 e. The summed E-state index contributed by atoms with van der Waals surface area (Å²) in [5.74, 6) is 0.828. The molecule has 0 saturated heterocycles. The van der Waals surface area contributed by atoms with Gasteiger partial charge in [0.05, 0.1) is 12.1 Å². The van der Waals surface area contributed by atoms with Crippen molar-refractivity contribution >= 4 is 41.0 Å². The average Bonchev–Trinajstić information content (AvgIpc) is 3.20. The Bertz CT molecular complexity index is 958. The summed E-state index contributed by atoms with van der Waals surface area (Å²) in [6.45, 7) is 3.16. The lowest BCUT2D eigenvalue weighted by molar-refractivity contribution is -0.137. The zero-order chi connectivity index (χ0) is 22.4. The molecule has 31 heavy (non-hydrogen) atoms. The number of thiophene rings is 1. The number of rotatable bonds is 8. The van der Waals surface area contributed by atoms with E-state index in [0.717, 1.165) is 17.0 Å². The molecule has 0 amide bonds. The largest absolute Gasteiger partial charge is 0.511 e. The van der Waals surface area contributed by atoms with Crippen LogP contribution in [0.2, 0.25) is 0 Å². The Morgan fingerprint density at radius 1 is 1.32 bits per heavy atom. The summed E-state index contributed by atoms with van der Waals surface area (Å²) in [6, 6.07) is 9.23. The highest BCUT2D eigenvalue weighted by molar-refractivity contribution is 8.05. The van der Waals surface area contributed by atoms with Gasteiger partial charge >= 0.3 is 12.3 Å². The molecule has 1 N–H and O–H groups in total. The van der Waals surface area contributed by atoms with Crippen molar-refractivity contribution in [2.75, 3.05) is 12.3 Å². The number of carbonyl (C=O) groups is 1. The topological polar surface area (TPSA) is 49.8 Å². The van der Waals surface area contributed by atoms with Crippen LogP contribution in [0.25, 0.3) is 0 Å². The van der Waals surface area contributed by atoms with Crippen LogP contribution in [-0.2, 0) is 17.5 Å². The Hall–Kier alpha value is -2.04. The van der Waals surface area contributed by atoms with E-state index in [1.807, 2.05) is 35.4 Å². The Morgan fingerprint density at radius 3 is 2.81 bits per heavy atom. The highest BCUT2D eigenvalue weighted by atomic mass is 32.2. The van der Waals surface area contributed by atoms with E-state index < -0.39 is 17.9 Å². The summed E-state index contributed by atoms with van der Waals surface area (Å²) in [6.07, 6.45) is -2.27. The molecule has 2 aromatic rings. The molecule has 1 atom stereocenters. The van der Waals surface area contributed by atoms with Crippen LogP contribution in [0.3, 0.4) is 0 Å². The summed E-state index contributed by atoms with van der Waals surface area (Å²) < 4.78 is 43.8. The monoisotopic (exact) mass is 487 g/mol. The molecule has 1 aromatic carbocycles. The van der Waals surface area contributed by atoms with E-state index >= 15 is 0 Å². The Morgan fingerprint density at radius 2 is 2.13 bits per heavy atom. The number of allylic oxidation sites excluding steroid dienone is 1. The van der Waals surface area contributed by atoms with E-state index in [2.05, 4.69) is 0 Å². The second kappa shape index (κ2) is 10.5.